The van der Waals surface area contributed by atoms with E-state index in [1.54, 1.807) is 0 Å². The summed E-state index contributed by atoms with van der Waals surface area (Å²) in [5.41, 5.74) is -9.13. The van der Waals surface area contributed by atoms with Crippen molar-refractivity contribution in [2.24, 2.45) is 0 Å². The Balaban J connectivity index is 2.19. The Hall–Kier alpha value is -2.66. The predicted octanol–water partition coefficient (Wildman–Crippen LogP) is 5.09. The average Bonchev–Trinajstić information content (AvgIpc) is 2.99. The lowest BCUT2D eigenvalue weighted by atomic mass is 9.70. The van der Waals surface area contributed by atoms with Gasteiger partial charge in [0, 0.05) is 56.6 Å². The molecule has 3 aromatic carbocycles. The standard InChI is InChI=1S/C29H33ClN2O2/c1-31(2)27(33)29(24-9-5-3-6-10-24,25-11-7-4-8-12-25)19-22-32-20-17-28(34,18-21-32)23-13-15-26(30)16-14-23/h3-16,34H,17-22H2,1-2H3/i1D3,2D3,17D2,18D2,19D2,20D2,21D2,22D2. The van der Waals surface area contributed by atoms with Crippen LogP contribution in [0.1, 0.15) is 60.5 Å². The molecule has 3 aromatic rings. The zero-order chi connectivity index (χ0) is 39.9. The molecule has 0 atom stereocenters. The summed E-state index contributed by atoms with van der Waals surface area (Å²) < 4.78 is 157. The van der Waals surface area contributed by atoms with Crippen LogP contribution in [0.25, 0.3) is 0 Å². The van der Waals surface area contributed by atoms with Crippen LogP contribution in [0.4, 0.5) is 0 Å². The van der Waals surface area contributed by atoms with Gasteiger partial charge in [-0.2, -0.15) is 0 Å². The molecule has 0 bridgehead atoms. The molecule has 0 aliphatic carbocycles. The number of hydrogen-bond acceptors (Lipinski definition) is 3. The van der Waals surface area contributed by atoms with Crippen LogP contribution in [-0.4, -0.2) is 54.3 Å². The van der Waals surface area contributed by atoms with Crippen LogP contribution < -0.4 is 0 Å². The number of aliphatic hydroxyl groups is 1. The van der Waals surface area contributed by atoms with Crippen molar-refractivity contribution in [3.63, 3.8) is 0 Å². The second kappa shape index (κ2) is 10.3. The summed E-state index contributed by atoms with van der Waals surface area (Å²) in [6.07, 6.45) is -12.4. The summed E-state index contributed by atoms with van der Waals surface area (Å²) in [6, 6.07) is 15.8. The minimum absolute atomic E-state index is 0.0208. The highest BCUT2D eigenvalue weighted by Gasteiger charge is 2.43. The van der Waals surface area contributed by atoms with E-state index in [9.17, 15) is 15.4 Å². The minimum atomic E-state index is -4.45. The normalized spacial score (nSPS) is 31.6. The van der Waals surface area contributed by atoms with Crippen molar-refractivity contribution >= 4 is 17.5 Å². The van der Waals surface area contributed by atoms with Gasteiger partial charge >= 0.3 is 0 Å². The molecule has 0 spiro atoms. The smallest absolute Gasteiger partial charge is 0.237 e. The summed E-state index contributed by atoms with van der Waals surface area (Å²) in [6.45, 7) is -20.6. The molecular weight excluding hydrogens is 444 g/mol. The molecule has 4 rings (SSSR count). The molecule has 1 heterocycles. The van der Waals surface area contributed by atoms with Crippen molar-refractivity contribution in [2.45, 2.75) is 30.1 Å². The van der Waals surface area contributed by atoms with Crippen molar-refractivity contribution < 1.29 is 34.6 Å². The molecule has 1 amide bonds. The average molecular weight is 495 g/mol. The fourth-order valence-electron chi connectivity index (χ4n) is 3.52. The number of amides is 1. The number of carbonyl (C=O) groups is 1. The van der Waals surface area contributed by atoms with Crippen molar-refractivity contribution in [3.05, 3.63) is 107 Å². The number of likely N-dealkylation sites (N-methyl/N-ethyl adjacent to an activating group) is 1. The number of nitrogens with zero attached hydrogens (tertiary/aromatic N) is 2. The van der Waals surface area contributed by atoms with E-state index in [2.05, 4.69) is 0 Å². The lowest BCUT2D eigenvalue weighted by Gasteiger charge is -2.41. The molecule has 1 fully saturated rings. The second-order valence-electron chi connectivity index (χ2n) is 7.39. The number of halogens is 1. The molecule has 1 saturated heterocycles. The number of rotatable bonds is 7. The first-order valence-corrected chi connectivity index (χ1v) is 10.5. The fraction of sp³-hybridized carbons (Fsp3) is 0.345. The van der Waals surface area contributed by atoms with Crippen LogP contribution in [0.15, 0.2) is 84.9 Å². The number of likely N-dealkylation sites (tertiary alicyclic amines) is 1. The van der Waals surface area contributed by atoms with Crippen molar-refractivity contribution in [3.8, 4) is 0 Å². The summed E-state index contributed by atoms with van der Waals surface area (Å²) >= 11 is 5.91. The van der Waals surface area contributed by atoms with Gasteiger partial charge < -0.3 is 14.9 Å². The van der Waals surface area contributed by atoms with Gasteiger partial charge in [0.15, 0.2) is 0 Å². The number of piperidine rings is 1. The predicted molar refractivity (Wildman–Crippen MR) is 138 cm³/mol. The Morgan fingerprint density at radius 2 is 1.56 bits per heavy atom. The van der Waals surface area contributed by atoms with E-state index in [-0.39, 0.29) is 5.02 Å². The van der Waals surface area contributed by atoms with Crippen LogP contribution in [0.3, 0.4) is 0 Å². The Labute approximate surface area is 233 Å². The van der Waals surface area contributed by atoms with E-state index in [4.69, 9.17) is 30.8 Å². The Morgan fingerprint density at radius 3 is 2.06 bits per heavy atom. The van der Waals surface area contributed by atoms with Gasteiger partial charge in [0.25, 0.3) is 0 Å². The minimum Gasteiger partial charge on any atom is -0.385 e. The van der Waals surface area contributed by atoms with Crippen molar-refractivity contribution in [1.82, 2.24) is 9.80 Å². The van der Waals surface area contributed by atoms with Gasteiger partial charge in [0.05, 0.1) is 5.60 Å². The lowest BCUT2D eigenvalue weighted by Crippen LogP contribution is -2.48. The highest BCUT2D eigenvalue weighted by molar-refractivity contribution is 6.30. The van der Waals surface area contributed by atoms with Crippen molar-refractivity contribution in [1.29, 1.82) is 0 Å². The molecule has 5 heteroatoms. The summed E-state index contributed by atoms with van der Waals surface area (Å²) in [5, 5.41) is 11.9. The molecule has 0 aromatic heterocycles. The van der Waals surface area contributed by atoms with E-state index in [0.29, 0.717) is 0 Å². The largest absolute Gasteiger partial charge is 0.385 e. The van der Waals surface area contributed by atoms with E-state index in [1.807, 2.05) is 0 Å². The third-order valence-corrected chi connectivity index (χ3v) is 5.50. The van der Waals surface area contributed by atoms with Gasteiger partial charge in [0.1, 0.15) is 5.41 Å². The highest BCUT2D eigenvalue weighted by Crippen LogP contribution is 2.39. The van der Waals surface area contributed by atoms with Crippen LogP contribution in [0.5, 0.6) is 0 Å². The van der Waals surface area contributed by atoms with Crippen molar-refractivity contribution in [2.75, 3.05) is 33.4 Å². The maximum atomic E-state index is 14.9. The third kappa shape index (κ3) is 4.90. The van der Waals surface area contributed by atoms with Gasteiger partial charge in [-0.25, -0.2) is 0 Å². The molecule has 0 unspecified atom stereocenters. The van der Waals surface area contributed by atoms with Gasteiger partial charge in [-0.1, -0.05) is 84.4 Å². The first kappa shape index (κ1) is 10.5. The van der Waals surface area contributed by atoms with Gasteiger partial charge in [0.2, 0.25) is 5.91 Å². The third-order valence-electron chi connectivity index (χ3n) is 5.25. The van der Waals surface area contributed by atoms with E-state index in [0.717, 1.165) is 48.5 Å². The van der Waals surface area contributed by atoms with Crippen LogP contribution in [0.2, 0.25) is 5.02 Å². The number of hydrogen-bond donors (Lipinski definition) is 1. The maximum absolute atomic E-state index is 14.9. The quantitative estimate of drug-likeness (QED) is 0.497. The monoisotopic (exact) mass is 494 g/mol. The first-order valence-electron chi connectivity index (χ1n) is 19.1. The summed E-state index contributed by atoms with van der Waals surface area (Å²) in [5.74, 6) is -2.10. The molecule has 1 N–H and O–H groups in total. The summed E-state index contributed by atoms with van der Waals surface area (Å²) in [4.78, 5) is 13.6. The molecule has 4 nitrogen and oxygen atoms in total. The molecular formula is C29H33ClN2O2. The Morgan fingerprint density at radius 1 is 1.03 bits per heavy atom. The molecule has 1 aliphatic heterocycles. The molecule has 34 heavy (non-hydrogen) atoms. The van der Waals surface area contributed by atoms with E-state index < -0.39 is 96.0 Å². The number of benzene rings is 3. The maximum Gasteiger partial charge on any atom is 0.237 e. The lowest BCUT2D eigenvalue weighted by molar-refractivity contribution is -0.133. The highest BCUT2D eigenvalue weighted by atomic mass is 35.5. The van der Waals surface area contributed by atoms with Crippen LogP contribution in [-0.2, 0) is 15.8 Å². The second-order valence-corrected chi connectivity index (χ2v) is 7.82. The SMILES string of the molecule is [2H]C([2H])([2H])N(C(=O)C(c1ccccc1)(c1ccccc1)C([2H])([2H])C([2H])([2H])N1C([2H])([2H])C([2H])([2H])C(O)(c2ccc(Cl)cc2)C([2H])([2H])C1([2H])[2H])C([2H])([2H])[2H]. The Bertz CT molecular complexity index is 1700. The topological polar surface area (TPSA) is 43.8 Å². The van der Waals surface area contributed by atoms with Gasteiger partial charge in [-0.15, -0.1) is 0 Å². The summed E-state index contributed by atoms with van der Waals surface area (Å²) in [7, 11) is 0. The van der Waals surface area contributed by atoms with Crippen LogP contribution >= 0.6 is 11.6 Å². The molecule has 0 saturated carbocycles. The molecule has 0 radical (unpaired) electrons. The van der Waals surface area contributed by atoms with Gasteiger partial charge in [-0.05, 0) is 54.4 Å². The Kier molecular flexibility index (Phi) is 3.19. The fourth-order valence-corrected chi connectivity index (χ4v) is 3.65. The van der Waals surface area contributed by atoms with Gasteiger partial charge in [-0.3, -0.25) is 4.79 Å². The van der Waals surface area contributed by atoms with E-state index in [1.165, 1.54) is 36.4 Å². The molecule has 1 aliphatic rings. The zero-order valence-electron chi connectivity index (χ0n) is 35.7. The number of carbonyl (C=O) groups excluding carboxylic acids is 1. The zero-order valence-corrected chi connectivity index (χ0v) is 18.5. The van der Waals surface area contributed by atoms with E-state index >= 15 is 0 Å². The first-order chi connectivity index (χ1) is 23.4. The van der Waals surface area contributed by atoms with Crippen LogP contribution in [0, 0.1) is 0 Å². The molecule has 178 valence electrons.